The molecule has 6 nitrogen and oxygen atoms in total. The van der Waals surface area contributed by atoms with Gasteiger partial charge in [-0.1, -0.05) is 42.1 Å². The normalized spacial score (nSPS) is 11.8. The molecule has 0 saturated heterocycles. The standard InChI is InChI=1S/C19H12IN3O3/c1-11(20)19(25)26-10-12-9-23(22-21-12)13-6-7-15-14-4-2-3-5-16(14)18(24)17(15)8-13/h2-9H,1,10H2. The summed E-state index contributed by atoms with van der Waals surface area (Å²) in [7, 11) is 0. The smallest absolute Gasteiger partial charge is 0.344 e. The second kappa shape index (κ2) is 6.49. The lowest BCUT2D eigenvalue weighted by molar-refractivity contribution is -0.139. The molecule has 4 rings (SSSR count). The molecule has 0 aliphatic heterocycles. The highest BCUT2D eigenvalue weighted by atomic mass is 127. The number of carbonyl (C=O) groups is 2. The van der Waals surface area contributed by atoms with Crippen LogP contribution in [0.5, 0.6) is 0 Å². The van der Waals surface area contributed by atoms with Crippen LogP contribution in [0.25, 0.3) is 16.8 Å². The molecule has 0 unspecified atom stereocenters. The summed E-state index contributed by atoms with van der Waals surface area (Å²) in [5.41, 5.74) is 4.45. The molecule has 7 heteroatoms. The number of ketones is 1. The van der Waals surface area contributed by atoms with E-state index in [1.165, 1.54) is 0 Å². The van der Waals surface area contributed by atoms with Gasteiger partial charge in [0.15, 0.2) is 5.78 Å². The Kier molecular flexibility index (Phi) is 4.15. The summed E-state index contributed by atoms with van der Waals surface area (Å²) in [5.74, 6) is -0.478. The van der Waals surface area contributed by atoms with E-state index < -0.39 is 5.97 Å². The van der Waals surface area contributed by atoms with Gasteiger partial charge in [-0.25, -0.2) is 9.48 Å². The molecule has 26 heavy (non-hydrogen) atoms. The summed E-state index contributed by atoms with van der Waals surface area (Å²) in [6, 6.07) is 13.2. The summed E-state index contributed by atoms with van der Waals surface area (Å²) >= 11 is 1.80. The van der Waals surface area contributed by atoms with E-state index >= 15 is 0 Å². The van der Waals surface area contributed by atoms with Crippen LogP contribution >= 0.6 is 22.6 Å². The number of benzene rings is 2. The second-order valence-electron chi connectivity index (χ2n) is 5.74. The lowest BCUT2D eigenvalue weighted by Crippen LogP contribution is -2.03. The first-order valence-corrected chi connectivity index (χ1v) is 8.84. The first kappa shape index (κ1) is 16.6. The van der Waals surface area contributed by atoms with Crippen LogP contribution in [-0.4, -0.2) is 26.7 Å². The molecule has 2 aromatic carbocycles. The predicted octanol–water partition coefficient (Wildman–Crippen LogP) is 3.47. The Labute approximate surface area is 162 Å². The first-order chi connectivity index (χ1) is 12.5. The molecule has 0 amide bonds. The van der Waals surface area contributed by atoms with E-state index in [1.807, 2.05) is 36.4 Å². The number of ether oxygens (including phenoxy) is 1. The molecule has 0 fully saturated rings. The Hall–Kier alpha value is -2.81. The number of hydrogen-bond donors (Lipinski definition) is 0. The van der Waals surface area contributed by atoms with Gasteiger partial charge < -0.3 is 4.74 Å². The Morgan fingerprint density at radius 2 is 1.85 bits per heavy atom. The van der Waals surface area contributed by atoms with Crippen molar-refractivity contribution in [3.05, 3.63) is 75.6 Å². The third kappa shape index (κ3) is 2.84. The molecule has 128 valence electrons. The molecule has 0 spiro atoms. The summed E-state index contributed by atoms with van der Waals surface area (Å²) in [6.45, 7) is 3.53. The number of nitrogens with zero attached hydrogens (tertiary/aromatic N) is 3. The number of esters is 1. The van der Waals surface area contributed by atoms with E-state index in [4.69, 9.17) is 4.74 Å². The van der Waals surface area contributed by atoms with Crippen LogP contribution in [0.3, 0.4) is 0 Å². The highest BCUT2D eigenvalue weighted by Crippen LogP contribution is 2.37. The summed E-state index contributed by atoms with van der Waals surface area (Å²) < 4.78 is 6.91. The minimum absolute atomic E-state index is 0.00674. The molecular formula is C19H12IN3O3. The molecule has 0 N–H and O–H groups in total. The molecule has 1 aromatic heterocycles. The van der Waals surface area contributed by atoms with Crippen molar-refractivity contribution in [2.45, 2.75) is 6.61 Å². The van der Waals surface area contributed by atoms with E-state index in [9.17, 15) is 9.59 Å². The van der Waals surface area contributed by atoms with E-state index in [-0.39, 0.29) is 12.4 Å². The third-order valence-corrected chi connectivity index (χ3v) is 4.53. The number of aromatic nitrogens is 3. The predicted molar refractivity (Wildman–Crippen MR) is 103 cm³/mol. The van der Waals surface area contributed by atoms with Crippen LogP contribution in [0.15, 0.2) is 58.8 Å². The van der Waals surface area contributed by atoms with Crippen molar-refractivity contribution in [1.82, 2.24) is 15.0 Å². The summed E-state index contributed by atoms with van der Waals surface area (Å²) in [5, 5.41) is 8.04. The van der Waals surface area contributed by atoms with Gasteiger partial charge >= 0.3 is 5.97 Å². The van der Waals surface area contributed by atoms with E-state index in [0.29, 0.717) is 26.1 Å². The fourth-order valence-electron chi connectivity index (χ4n) is 2.87. The molecule has 0 bridgehead atoms. The van der Waals surface area contributed by atoms with Crippen LogP contribution in [0.4, 0.5) is 0 Å². The highest BCUT2D eigenvalue weighted by molar-refractivity contribution is 14.1. The number of rotatable bonds is 4. The Balaban J connectivity index is 1.60. The molecule has 0 radical (unpaired) electrons. The molecule has 1 aliphatic rings. The average molecular weight is 457 g/mol. The Morgan fingerprint density at radius 3 is 2.62 bits per heavy atom. The van der Waals surface area contributed by atoms with Crippen molar-refractivity contribution >= 4 is 34.3 Å². The molecule has 1 aliphatic carbocycles. The minimum Gasteiger partial charge on any atom is -0.455 e. The average Bonchev–Trinajstić information content (AvgIpc) is 3.23. The fourth-order valence-corrected chi connectivity index (χ4v) is 3.02. The largest absolute Gasteiger partial charge is 0.455 e. The maximum atomic E-state index is 12.6. The van der Waals surface area contributed by atoms with Crippen molar-refractivity contribution in [3.8, 4) is 16.8 Å². The number of halogens is 1. The Morgan fingerprint density at radius 1 is 1.12 bits per heavy atom. The highest BCUT2D eigenvalue weighted by Gasteiger charge is 2.26. The molecule has 0 atom stereocenters. The van der Waals surface area contributed by atoms with E-state index in [0.717, 1.165) is 11.1 Å². The van der Waals surface area contributed by atoms with Gasteiger partial charge in [-0.3, -0.25) is 4.79 Å². The van der Waals surface area contributed by atoms with Gasteiger partial charge in [0.25, 0.3) is 0 Å². The number of carbonyl (C=O) groups excluding carboxylic acids is 2. The zero-order valence-electron chi connectivity index (χ0n) is 13.5. The topological polar surface area (TPSA) is 74.1 Å². The van der Waals surface area contributed by atoms with Crippen molar-refractivity contribution in [1.29, 1.82) is 0 Å². The van der Waals surface area contributed by atoms with Crippen molar-refractivity contribution < 1.29 is 14.3 Å². The Bertz CT molecular complexity index is 1070. The lowest BCUT2D eigenvalue weighted by Gasteiger charge is -2.04. The minimum atomic E-state index is -0.485. The van der Waals surface area contributed by atoms with Gasteiger partial charge in [-0.05, 0) is 45.9 Å². The molecule has 0 saturated carbocycles. The molecule has 3 aromatic rings. The zero-order chi connectivity index (χ0) is 18.3. The van der Waals surface area contributed by atoms with Crippen LogP contribution < -0.4 is 0 Å². The van der Waals surface area contributed by atoms with Gasteiger partial charge in [0.2, 0.25) is 0 Å². The monoisotopic (exact) mass is 457 g/mol. The van der Waals surface area contributed by atoms with Crippen molar-refractivity contribution in [2.75, 3.05) is 0 Å². The van der Waals surface area contributed by atoms with Gasteiger partial charge in [-0.2, -0.15) is 0 Å². The summed E-state index contributed by atoms with van der Waals surface area (Å²) in [6.07, 6.45) is 1.66. The van der Waals surface area contributed by atoms with Crippen LogP contribution in [0.1, 0.15) is 21.6 Å². The molecular weight excluding hydrogens is 445 g/mol. The summed E-state index contributed by atoms with van der Waals surface area (Å²) in [4.78, 5) is 24.0. The van der Waals surface area contributed by atoms with Crippen LogP contribution in [0.2, 0.25) is 0 Å². The number of fused-ring (bicyclic) bond motifs is 3. The lowest BCUT2D eigenvalue weighted by atomic mass is 10.1. The first-order valence-electron chi connectivity index (χ1n) is 7.76. The van der Waals surface area contributed by atoms with Gasteiger partial charge in [0, 0.05) is 11.1 Å². The SMILES string of the molecule is C=C(I)C(=O)OCc1cn(-c2ccc3c(c2)C(=O)c2ccccc2-3)nn1. The van der Waals surface area contributed by atoms with Crippen molar-refractivity contribution in [3.63, 3.8) is 0 Å². The number of hydrogen-bond acceptors (Lipinski definition) is 5. The quantitative estimate of drug-likeness (QED) is 0.267. The van der Waals surface area contributed by atoms with Gasteiger partial charge in [0.1, 0.15) is 12.3 Å². The third-order valence-electron chi connectivity index (χ3n) is 4.09. The molecule has 1 heterocycles. The maximum absolute atomic E-state index is 12.6. The van der Waals surface area contributed by atoms with E-state index in [2.05, 4.69) is 16.9 Å². The zero-order valence-corrected chi connectivity index (χ0v) is 15.6. The maximum Gasteiger partial charge on any atom is 0.344 e. The van der Waals surface area contributed by atoms with Crippen LogP contribution in [0, 0.1) is 0 Å². The van der Waals surface area contributed by atoms with Crippen LogP contribution in [-0.2, 0) is 16.1 Å². The van der Waals surface area contributed by atoms with Crippen molar-refractivity contribution in [2.24, 2.45) is 0 Å². The van der Waals surface area contributed by atoms with E-state index in [1.54, 1.807) is 39.5 Å². The van der Waals surface area contributed by atoms with Gasteiger partial charge in [-0.15, -0.1) is 5.10 Å². The fraction of sp³-hybridized carbons (Fsp3) is 0.0526. The van der Waals surface area contributed by atoms with Gasteiger partial charge in [0.05, 0.1) is 15.5 Å². The second-order valence-corrected chi connectivity index (χ2v) is 7.04.